The van der Waals surface area contributed by atoms with Crippen LogP contribution in [0.2, 0.25) is 5.02 Å². The van der Waals surface area contributed by atoms with Gasteiger partial charge in [-0.1, -0.05) is 30.7 Å². The van der Waals surface area contributed by atoms with Crippen molar-refractivity contribution in [1.29, 1.82) is 0 Å². The molecule has 0 amide bonds. The monoisotopic (exact) mass is 299 g/mol. The van der Waals surface area contributed by atoms with Gasteiger partial charge in [-0.15, -0.1) is 0 Å². The number of benzene rings is 1. The molecule has 0 fully saturated rings. The molecule has 4 nitrogen and oxygen atoms in total. The van der Waals surface area contributed by atoms with Gasteiger partial charge in [-0.2, -0.15) is 5.10 Å². The molecular formula is C16H14ClN3O. The minimum Gasteiger partial charge on any atom is -0.292 e. The summed E-state index contributed by atoms with van der Waals surface area (Å²) in [7, 11) is 0. The van der Waals surface area contributed by atoms with E-state index in [4.69, 9.17) is 11.6 Å². The fourth-order valence-corrected chi connectivity index (χ4v) is 2.42. The molecule has 0 bridgehead atoms. The first-order valence-corrected chi connectivity index (χ1v) is 7.21. The highest BCUT2D eigenvalue weighted by atomic mass is 35.5. The number of Topliss-reactive ketones (excluding diaryl/α,β-unsaturated/α-hetero) is 1. The number of aromatic nitrogens is 3. The Labute approximate surface area is 127 Å². The first kappa shape index (κ1) is 13.8. The zero-order valence-electron chi connectivity index (χ0n) is 11.6. The van der Waals surface area contributed by atoms with E-state index >= 15 is 0 Å². The number of hydrogen-bond donors (Lipinski definition) is 0. The van der Waals surface area contributed by atoms with E-state index in [2.05, 4.69) is 10.1 Å². The van der Waals surface area contributed by atoms with Gasteiger partial charge >= 0.3 is 0 Å². The Bertz CT molecular complexity index is 793. The number of imidazole rings is 1. The summed E-state index contributed by atoms with van der Waals surface area (Å²) in [5, 5.41) is 4.97. The molecule has 5 heteroatoms. The molecular weight excluding hydrogens is 286 g/mol. The minimum atomic E-state index is 0.0351. The molecule has 0 atom stereocenters. The summed E-state index contributed by atoms with van der Waals surface area (Å²) in [4.78, 5) is 16.8. The van der Waals surface area contributed by atoms with Crippen molar-refractivity contribution in [3.05, 3.63) is 53.3 Å². The van der Waals surface area contributed by atoms with E-state index in [9.17, 15) is 4.79 Å². The zero-order chi connectivity index (χ0) is 14.8. The van der Waals surface area contributed by atoms with Gasteiger partial charge < -0.3 is 0 Å². The van der Waals surface area contributed by atoms with E-state index in [0.717, 1.165) is 17.7 Å². The summed E-state index contributed by atoms with van der Waals surface area (Å²) in [6.45, 7) is 1.98. The lowest BCUT2D eigenvalue weighted by atomic mass is 10.1. The maximum absolute atomic E-state index is 12.3. The SMILES string of the molecule is CCCC(=O)c1nc2cccnn2c1-c1ccc(Cl)cc1. The molecule has 0 aliphatic rings. The van der Waals surface area contributed by atoms with Crippen molar-refractivity contribution in [2.45, 2.75) is 19.8 Å². The summed E-state index contributed by atoms with van der Waals surface area (Å²) in [5.74, 6) is 0.0351. The maximum atomic E-state index is 12.3. The first-order chi connectivity index (χ1) is 10.2. The van der Waals surface area contributed by atoms with E-state index in [-0.39, 0.29) is 5.78 Å². The van der Waals surface area contributed by atoms with E-state index in [1.54, 1.807) is 22.8 Å². The average Bonchev–Trinajstić information content (AvgIpc) is 2.88. The Balaban J connectivity index is 2.24. The Hall–Kier alpha value is -2.20. The van der Waals surface area contributed by atoms with Gasteiger partial charge in [0.2, 0.25) is 0 Å². The number of rotatable bonds is 4. The normalized spacial score (nSPS) is 11.0. The highest BCUT2D eigenvalue weighted by Gasteiger charge is 2.20. The van der Waals surface area contributed by atoms with Crippen LogP contribution < -0.4 is 0 Å². The Morgan fingerprint density at radius 1 is 1.24 bits per heavy atom. The molecule has 0 aliphatic heterocycles. The summed E-state index contributed by atoms with van der Waals surface area (Å²) in [5.41, 5.74) is 2.74. The van der Waals surface area contributed by atoms with Gasteiger partial charge in [0.15, 0.2) is 11.4 Å². The molecule has 106 valence electrons. The van der Waals surface area contributed by atoms with Crippen molar-refractivity contribution < 1.29 is 4.79 Å². The van der Waals surface area contributed by atoms with Crippen molar-refractivity contribution >= 4 is 23.0 Å². The number of fused-ring (bicyclic) bond motifs is 1. The van der Waals surface area contributed by atoms with Gasteiger partial charge in [0.25, 0.3) is 0 Å². The molecule has 0 aliphatic carbocycles. The van der Waals surface area contributed by atoms with E-state index < -0.39 is 0 Å². The molecule has 0 saturated carbocycles. The summed E-state index contributed by atoms with van der Waals surface area (Å²) < 4.78 is 1.70. The second-order valence-corrected chi connectivity index (χ2v) is 5.22. The van der Waals surface area contributed by atoms with E-state index in [1.807, 2.05) is 31.2 Å². The van der Waals surface area contributed by atoms with Crippen LogP contribution in [0.15, 0.2) is 42.6 Å². The third-order valence-corrected chi connectivity index (χ3v) is 3.50. The van der Waals surface area contributed by atoms with Crippen LogP contribution in [0.25, 0.3) is 16.9 Å². The molecule has 0 spiro atoms. The number of nitrogens with zero attached hydrogens (tertiary/aromatic N) is 3. The van der Waals surface area contributed by atoms with Crippen LogP contribution >= 0.6 is 11.6 Å². The fourth-order valence-electron chi connectivity index (χ4n) is 2.30. The number of carbonyl (C=O) groups excluding carboxylic acids is 1. The molecule has 3 rings (SSSR count). The van der Waals surface area contributed by atoms with Crippen LogP contribution in [0.1, 0.15) is 30.3 Å². The highest BCUT2D eigenvalue weighted by Crippen LogP contribution is 2.27. The van der Waals surface area contributed by atoms with Gasteiger partial charge in [-0.3, -0.25) is 4.79 Å². The molecule has 0 N–H and O–H groups in total. The largest absolute Gasteiger partial charge is 0.292 e. The molecule has 2 aromatic heterocycles. The first-order valence-electron chi connectivity index (χ1n) is 6.83. The molecule has 3 aromatic rings. The number of carbonyl (C=O) groups is 1. The second-order valence-electron chi connectivity index (χ2n) is 4.78. The number of hydrogen-bond acceptors (Lipinski definition) is 3. The summed E-state index contributed by atoms with van der Waals surface area (Å²) >= 11 is 5.94. The third-order valence-electron chi connectivity index (χ3n) is 3.25. The zero-order valence-corrected chi connectivity index (χ0v) is 12.3. The standard InChI is InChI=1S/C16H14ClN3O/c1-2-4-13(21)15-16(11-6-8-12(17)9-7-11)20-14(19-15)5-3-10-18-20/h3,5-10H,2,4H2,1H3. The molecule has 0 radical (unpaired) electrons. The third kappa shape index (κ3) is 2.54. The van der Waals surface area contributed by atoms with Crippen molar-refractivity contribution in [2.75, 3.05) is 0 Å². The molecule has 0 saturated heterocycles. The second kappa shape index (κ2) is 5.66. The van der Waals surface area contributed by atoms with Gasteiger partial charge in [0, 0.05) is 23.2 Å². The lowest BCUT2D eigenvalue weighted by Gasteiger charge is -2.04. The maximum Gasteiger partial charge on any atom is 0.183 e. The lowest BCUT2D eigenvalue weighted by molar-refractivity contribution is 0.0978. The summed E-state index contributed by atoms with van der Waals surface area (Å²) in [6.07, 6.45) is 2.95. The van der Waals surface area contributed by atoms with Gasteiger partial charge in [-0.05, 0) is 30.7 Å². The van der Waals surface area contributed by atoms with E-state index in [1.165, 1.54) is 0 Å². The van der Waals surface area contributed by atoms with Crippen LogP contribution in [0, 0.1) is 0 Å². The molecule has 1 aromatic carbocycles. The predicted molar refractivity (Wildman–Crippen MR) is 82.7 cm³/mol. The average molecular weight is 300 g/mol. The van der Waals surface area contributed by atoms with Crippen molar-refractivity contribution in [3.63, 3.8) is 0 Å². The smallest absolute Gasteiger partial charge is 0.183 e. The van der Waals surface area contributed by atoms with Gasteiger partial charge in [0.1, 0.15) is 11.4 Å². The molecule has 21 heavy (non-hydrogen) atoms. The van der Waals surface area contributed by atoms with Gasteiger partial charge in [0.05, 0.1) is 0 Å². The lowest BCUT2D eigenvalue weighted by Crippen LogP contribution is -2.02. The number of halogens is 1. The predicted octanol–water partition coefficient (Wildman–Crippen LogP) is 4.03. The quantitative estimate of drug-likeness (QED) is 0.683. The Morgan fingerprint density at radius 3 is 2.71 bits per heavy atom. The van der Waals surface area contributed by atoms with Gasteiger partial charge in [-0.25, -0.2) is 9.50 Å². The Kier molecular flexibility index (Phi) is 3.71. The Morgan fingerprint density at radius 2 is 2.00 bits per heavy atom. The minimum absolute atomic E-state index is 0.0351. The van der Waals surface area contributed by atoms with Crippen LogP contribution in [-0.2, 0) is 0 Å². The molecule has 0 unspecified atom stereocenters. The van der Waals surface area contributed by atoms with Crippen molar-refractivity contribution in [1.82, 2.24) is 14.6 Å². The summed E-state index contributed by atoms with van der Waals surface area (Å²) in [6, 6.07) is 11.0. The van der Waals surface area contributed by atoms with Crippen molar-refractivity contribution in [2.24, 2.45) is 0 Å². The molecule has 2 heterocycles. The van der Waals surface area contributed by atoms with Crippen LogP contribution in [0.3, 0.4) is 0 Å². The van der Waals surface area contributed by atoms with Crippen molar-refractivity contribution in [3.8, 4) is 11.3 Å². The van der Waals surface area contributed by atoms with Crippen LogP contribution in [0.4, 0.5) is 0 Å². The highest BCUT2D eigenvalue weighted by molar-refractivity contribution is 6.30. The fraction of sp³-hybridized carbons (Fsp3) is 0.188. The van der Waals surface area contributed by atoms with E-state index in [0.29, 0.717) is 22.8 Å². The van der Waals surface area contributed by atoms with Crippen LogP contribution in [-0.4, -0.2) is 20.4 Å². The number of ketones is 1. The van der Waals surface area contributed by atoms with Crippen LogP contribution in [0.5, 0.6) is 0 Å². The topological polar surface area (TPSA) is 47.3 Å².